The summed E-state index contributed by atoms with van der Waals surface area (Å²) in [5, 5.41) is 3.88. The van der Waals surface area contributed by atoms with Crippen molar-refractivity contribution in [2.75, 3.05) is 29.5 Å². The lowest BCUT2D eigenvalue weighted by atomic mass is 10.0. The van der Waals surface area contributed by atoms with Crippen LogP contribution in [-0.2, 0) is 0 Å². The monoisotopic (exact) mass is 277 g/mol. The summed E-state index contributed by atoms with van der Waals surface area (Å²) < 4.78 is 0. The molecule has 3 heterocycles. The Kier molecular flexibility index (Phi) is 4.62. The van der Waals surface area contributed by atoms with E-state index in [2.05, 4.69) is 39.1 Å². The minimum Gasteiger partial charge on any atom is -0.371 e. The SMILES string of the molecule is c1cc(N2CCC(NC3CCSCC3)CC2)ccn1. The van der Waals surface area contributed by atoms with Crippen LogP contribution in [0, 0.1) is 0 Å². The van der Waals surface area contributed by atoms with Crippen molar-refractivity contribution in [1.29, 1.82) is 0 Å². The van der Waals surface area contributed by atoms with E-state index < -0.39 is 0 Å². The predicted molar refractivity (Wildman–Crippen MR) is 83.0 cm³/mol. The first kappa shape index (κ1) is 13.3. The molecule has 2 saturated heterocycles. The molecule has 0 amide bonds. The van der Waals surface area contributed by atoms with Gasteiger partial charge < -0.3 is 10.2 Å². The second-order valence-electron chi connectivity index (χ2n) is 5.52. The summed E-state index contributed by atoms with van der Waals surface area (Å²) in [6.07, 6.45) is 9.03. The van der Waals surface area contributed by atoms with Crippen LogP contribution in [0.25, 0.3) is 0 Å². The Morgan fingerprint density at radius 2 is 1.63 bits per heavy atom. The number of nitrogens with zero attached hydrogens (tertiary/aromatic N) is 2. The number of hydrogen-bond donors (Lipinski definition) is 1. The summed E-state index contributed by atoms with van der Waals surface area (Å²) in [5.74, 6) is 2.68. The molecule has 3 rings (SSSR count). The molecule has 0 atom stereocenters. The second-order valence-corrected chi connectivity index (χ2v) is 6.74. The zero-order valence-electron chi connectivity index (χ0n) is 11.4. The summed E-state index contributed by atoms with van der Waals surface area (Å²) in [5.41, 5.74) is 1.32. The molecule has 0 radical (unpaired) electrons. The van der Waals surface area contributed by atoms with Crippen molar-refractivity contribution in [2.45, 2.75) is 37.8 Å². The van der Waals surface area contributed by atoms with Crippen molar-refractivity contribution in [3.05, 3.63) is 24.5 Å². The molecule has 2 fully saturated rings. The highest BCUT2D eigenvalue weighted by Crippen LogP contribution is 2.22. The van der Waals surface area contributed by atoms with Crippen LogP contribution in [0.15, 0.2) is 24.5 Å². The maximum absolute atomic E-state index is 4.09. The van der Waals surface area contributed by atoms with Crippen molar-refractivity contribution in [3.63, 3.8) is 0 Å². The molecule has 0 aliphatic carbocycles. The topological polar surface area (TPSA) is 28.2 Å². The van der Waals surface area contributed by atoms with E-state index in [1.807, 2.05) is 12.4 Å². The van der Waals surface area contributed by atoms with E-state index in [4.69, 9.17) is 0 Å². The maximum Gasteiger partial charge on any atom is 0.0397 e. The molecule has 2 aliphatic heterocycles. The van der Waals surface area contributed by atoms with Crippen molar-refractivity contribution in [3.8, 4) is 0 Å². The fraction of sp³-hybridized carbons (Fsp3) is 0.667. The van der Waals surface area contributed by atoms with Crippen LogP contribution >= 0.6 is 11.8 Å². The van der Waals surface area contributed by atoms with E-state index in [0.29, 0.717) is 0 Å². The zero-order chi connectivity index (χ0) is 12.9. The number of hydrogen-bond acceptors (Lipinski definition) is 4. The lowest BCUT2D eigenvalue weighted by Crippen LogP contribution is -2.47. The first-order chi connectivity index (χ1) is 9.42. The Bertz CT molecular complexity index is 370. The van der Waals surface area contributed by atoms with Crippen LogP contribution in [-0.4, -0.2) is 41.7 Å². The summed E-state index contributed by atoms with van der Waals surface area (Å²) in [7, 11) is 0. The van der Waals surface area contributed by atoms with Gasteiger partial charge in [0.05, 0.1) is 0 Å². The molecule has 1 aromatic heterocycles. The molecule has 2 aliphatic rings. The van der Waals surface area contributed by atoms with Crippen LogP contribution in [0.5, 0.6) is 0 Å². The highest BCUT2D eigenvalue weighted by molar-refractivity contribution is 7.99. The van der Waals surface area contributed by atoms with E-state index in [9.17, 15) is 0 Å². The van der Waals surface area contributed by atoms with Crippen LogP contribution in [0.2, 0.25) is 0 Å². The van der Waals surface area contributed by atoms with Gasteiger partial charge in [-0.15, -0.1) is 0 Å². The number of thioether (sulfide) groups is 1. The molecule has 4 heteroatoms. The molecule has 0 saturated carbocycles. The van der Waals surface area contributed by atoms with Crippen molar-refractivity contribution < 1.29 is 0 Å². The largest absolute Gasteiger partial charge is 0.371 e. The summed E-state index contributed by atoms with van der Waals surface area (Å²) in [6, 6.07) is 5.74. The quantitative estimate of drug-likeness (QED) is 0.919. The van der Waals surface area contributed by atoms with Crippen LogP contribution in [0.1, 0.15) is 25.7 Å². The third-order valence-electron chi connectivity index (χ3n) is 4.22. The number of pyridine rings is 1. The highest BCUT2D eigenvalue weighted by Gasteiger charge is 2.22. The molecule has 0 aromatic carbocycles. The summed E-state index contributed by atoms with van der Waals surface area (Å²) >= 11 is 2.10. The first-order valence-electron chi connectivity index (χ1n) is 7.40. The zero-order valence-corrected chi connectivity index (χ0v) is 12.2. The molecular weight excluding hydrogens is 254 g/mol. The minimum absolute atomic E-state index is 0.728. The average molecular weight is 277 g/mol. The number of nitrogens with one attached hydrogen (secondary N) is 1. The second kappa shape index (κ2) is 6.62. The molecule has 0 spiro atoms. The molecule has 19 heavy (non-hydrogen) atoms. The average Bonchev–Trinajstić information content (AvgIpc) is 2.50. The van der Waals surface area contributed by atoms with Gasteiger partial charge in [0.15, 0.2) is 0 Å². The molecule has 1 N–H and O–H groups in total. The number of rotatable bonds is 3. The fourth-order valence-electron chi connectivity index (χ4n) is 3.06. The highest BCUT2D eigenvalue weighted by atomic mass is 32.2. The number of anilines is 1. The standard InChI is InChI=1S/C15H23N3S/c1-7-16-8-2-15(1)18-9-3-13(4-10-18)17-14-5-11-19-12-6-14/h1-2,7-8,13-14,17H,3-6,9-12H2. The van der Waals surface area contributed by atoms with Crippen molar-refractivity contribution in [2.24, 2.45) is 0 Å². The lowest BCUT2D eigenvalue weighted by molar-refractivity contribution is 0.353. The van der Waals surface area contributed by atoms with Crippen LogP contribution in [0.3, 0.4) is 0 Å². The van der Waals surface area contributed by atoms with Gasteiger partial charge in [-0.05, 0) is 49.3 Å². The Hall–Kier alpha value is -0.740. The van der Waals surface area contributed by atoms with Gasteiger partial charge in [0, 0.05) is 43.3 Å². The maximum atomic E-state index is 4.09. The van der Waals surface area contributed by atoms with Gasteiger partial charge in [0.1, 0.15) is 0 Å². The number of piperidine rings is 1. The van der Waals surface area contributed by atoms with Gasteiger partial charge in [-0.25, -0.2) is 0 Å². The van der Waals surface area contributed by atoms with E-state index in [1.54, 1.807) is 0 Å². The molecule has 0 unspecified atom stereocenters. The Morgan fingerprint density at radius 3 is 2.32 bits per heavy atom. The van der Waals surface area contributed by atoms with E-state index in [-0.39, 0.29) is 0 Å². The molecular formula is C15H23N3S. The molecule has 104 valence electrons. The van der Waals surface area contributed by atoms with Gasteiger partial charge in [-0.3, -0.25) is 4.98 Å². The third kappa shape index (κ3) is 3.63. The van der Waals surface area contributed by atoms with E-state index in [1.165, 1.54) is 56.0 Å². The van der Waals surface area contributed by atoms with E-state index in [0.717, 1.165) is 12.1 Å². The van der Waals surface area contributed by atoms with Crippen molar-refractivity contribution in [1.82, 2.24) is 10.3 Å². The fourth-order valence-corrected chi connectivity index (χ4v) is 4.16. The molecule has 1 aromatic rings. The Labute approximate surface area is 120 Å². The normalized spacial score (nSPS) is 22.6. The van der Waals surface area contributed by atoms with Gasteiger partial charge in [-0.2, -0.15) is 11.8 Å². The van der Waals surface area contributed by atoms with E-state index >= 15 is 0 Å². The van der Waals surface area contributed by atoms with Gasteiger partial charge in [-0.1, -0.05) is 0 Å². The van der Waals surface area contributed by atoms with Crippen LogP contribution in [0.4, 0.5) is 5.69 Å². The Balaban J connectivity index is 1.46. The number of aromatic nitrogens is 1. The lowest BCUT2D eigenvalue weighted by Gasteiger charge is -2.36. The van der Waals surface area contributed by atoms with Gasteiger partial charge in [0.2, 0.25) is 0 Å². The van der Waals surface area contributed by atoms with Crippen molar-refractivity contribution >= 4 is 17.4 Å². The van der Waals surface area contributed by atoms with Crippen LogP contribution < -0.4 is 10.2 Å². The minimum atomic E-state index is 0.728. The summed E-state index contributed by atoms with van der Waals surface area (Å²) in [6.45, 7) is 2.34. The molecule has 0 bridgehead atoms. The molecule has 3 nitrogen and oxygen atoms in total. The Morgan fingerprint density at radius 1 is 1.00 bits per heavy atom. The first-order valence-corrected chi connectivity index (χ1v) is 8.56. The van der Waals surface area contributed by atoms with Gasteiger partial charge in [0.25, 0.3) is 0 Å². The predicted octanol–water partition coefficient (Wildman–Crippen LogP) is 2.54. The summed E-state index contributed by atoms with van der Waals surface area (Å²) in [4.78, 5) is 6.57. The smallest absolute Gasteiger partial charge is 0.0397 e. The third-order valence-corrected chi connectivity index (χ3v) is 5.26. The van der Waals surface area contributed by atoms with Gasteiger partial charge >= 0.3 is 0 Å².